The van der Waals surface area contributed by atoms with Gasteiger partial charge in [0.05, 0.1) is 11.1 Å². The van der Waals surface area contributed by atoms with E-state index in [1.54, 1.807) is 12.1 Å². The molecule has 2 aromatic rings. The molecule has 0 aromatic heterocycles. The number of ketones is 1. The molecule has 0 saturated heterocycles. The number of hydrogen-bond acceptors (Lipinski definition) is 9. The van der Waals surface area contributed by atoms with Crippen molar-refractivity contribution in [3.05, 3.63) is 47.5 Å². The highest BCUT2D eigenvalue weighted by Gasteiger charge is 2.27. The van der Waals surface area contributed by atoms with Crippen LogP contribution in [0.3, 0.4) is 0 Å². The lowest BCUT2D eigenvalue weighted by molar-refractivity contribution is -0.120. The third-order valence-corrected chi connectivity index (χ3v) is 6.62. The Morgan fingerprint density at radius 3 is 2.15 bits per heavy atom. The molecule has 0 spiro atoms. The van der Waals surface area contributed by atoms with Gasteiger partial charge in [-0.2, -0.15) is 0 Å². The molecule has 1 aliphatic rings. The minimum Gasteiger partial charge on any atom is -0.504 e. The number of amides is 1. The third-order valence-electron chi connectivity index (χ3n) is 6.62. The van der Waals surface area contributed by atoms with E-state index in [0.29, 0.717) is 13.0 Å². The highest BCUT2D eigenvalue weighted by atomic mass is 16.5. The van der Waals surface area contributed by atoms with E-state index in [-0.39, 0.29) is 52.6 Å². The number of phenols is 4. The number of carbonyl (C=O) groups excluding carboxylic acids is 2. The Kier molecular flexibility index (Phi) is 11.9. The largest absolute Gasteiger partial charge is 0.504 e. The Morgan fingerprint density at radius 2 is 1.41 bits per heavy atom. The Morgan fingerprint density at radius 1 is 0.795 bits per heavy atom. The van der Waals surface area contributed by atoms with Gasteiger partial charge in [-0.3, -0.25) is 9.59 Å². The fourth-order valence-electron chi connectivity index (χ4n) is 4.34. The van der Waals surface area contributed by atoms with Crippen molar-refractivity contribution in [2.75, 3.05) is 26.2 Å². The number of Topliss-reactive ketones (excluding diaryl/α,β-unsaturated/α-hetero) is 1. The van der Waals surface area contributed by atoms with Crippen LogP contribution in [0.25, 0.3) is 0 Å². The van der Waals surface area contributed by atoms with Crippen molar-refractivity contribution in [3.63, 3.8) is 0 Å². The number of unbranched alkanes of at least 4 members (excludes halogenated alkanes) is 6. The molecule has 0 saturated carbocycles. The number of nitrogens with one attached hydrogen (secondary N) is 2. The lowest BCUT2D eigenvalue weighted by Crippen LogP contribution is -2.24. The van der Waals surface area contributed by atoms with Crippen molar-refractivity contribution >= 4 is 17.6 Å². The van der Waals surface area contributed by atoms with Gasteiger partial charge in [-0.05, 0) is 56.6 Å². The Labute approximate surface area is 228 Å². The van der Waals surface area contributed by atoms with Crippen LogP contribution in [0, 0.1) is 0 Å². The molecule has 1 heterocycles. The van der Waals surface area contributed by atoms with Gasteiger partial charge in [0.2, 0.25) is 5.90 Å². The predicted molar refractivity (Wildman–Crippen MR) is 148 cm³/mol. The van der Waals surface area contributed by atoms with Gasteiger partial charge in [-0.1, -0.05) is 44.2 Å². The maximum Gasteiger partial charge on any atom is 0.255 e. The molecule has 1 amide bonds. The number of phenolic OH excluding ortho intramolecular Hbond substituents is 4. The molecule has 6 N–H and O–H groups in total. The molecule has 0 bridgehead atoms. The maximum atomic E-state index is 12.4. The first-order chi connectivity index (χ1) is 18.9. The summed E-state index contributed by atoms with van der Waals surface area (Å²) in [5.41, 5.74) is 0.360. The van der Waals surface area contributed by atoms with Crippen molar-refractivity contribution in [1.29, 1.82) is 0 Å². The number of aromatic hydroxyl groups is 4. The van der Waals surface area contributed by atoms with E-state index in [9.17, 15) is 30.0 Å². The molecule has 39 heavy (non-hydrogen) atoms. The number of aliphatic imine (C=N–C) groups is 1. The van der Waals surface area contributed by atoms with E-state index in [1.165, 1.54) is 24.3 Å². The minimum absolute atomic E-state index is 0.00326. The van der Waals surface area contributed by atoms with E-state index in [1.807, 2.05) is 0 Å². The van der Waals surface area contributed by atoms with Crippen LogP contribution >= 0.6 is 0 Å². The first-order valence-electron chi connectivity index (χ1n) is 13.6. The lowest BCUT2D eigenvalue weighted by Gasteiger charge is -2.08. The van der Waals surface area contributed by atoms with Crippen molar-refractivity contribution in [2.45, 2.75) is 63.8 Å². The summed E-state index contributed by atoms with van der Waals surface area (Å²) in [5, 5.41) is 44.9. The molecule has 10 nitrogen and oxygen atoms in total. The number of benzene rings is 2. The molecule has 1 atom stereocenters. The van der Waals surface area contributed by atoms with E-state index in [4.69, 9.17) is 4.74 Å². The van der Waals surface area contributed by atoms with Crippen LogP contribution in [-0.2, 0) is 9.53 Å². The fourth-order valence-corrected chi connectivity index (χ4v) is 4.34. The van der Waals surface area contributed by atoms with Crippen LogP contribution in [0.2, 0.25) is 0 Å². The molecule has 0 radical (unpaired) electrons. The zero-order chi connectivity index (χ0) is 28.0. The van der Waals surface area contributed by atoms with Gasteiger partial charge in [0, 0.05) is 13.0 Å². The number of carbonyl (C=O) groups is 2. The van der Waals surface area contributed by atoms with Gasteiger partial charge >= 0.3 is 0 Å². The third kappa shape index (κ3) is 9.17. The average molecular weight is 542 g/mol. The first-order valence-corrected chi connectivity index (χ1v) is 13.6. The van der Waals surface area contributed by atoms with Gasteiger partial charge < -0.3 is 35.8 Å². The summed E-state index contributed by atoms with van der Waals surface area (Å²) in [5.74, 6) is -1.46. The van der Waals surface area contributed by atoms with E-state index in [0.717, 1.165) is 64.5 Å². The maximum absolute atomic E-state index is 12.4. The van der Waals surface area contributed by atoms with E-state index in [2.05, 4.69) is 15.6 Å². The fraction of sp³-hybridized carbons (Fsp3) is 0.483. The molecule has 212 valence electrons. The SMILES string of the molecule is O=C(NCCCCCCCCCNCCCC(=O)[C@@H]1COC(c2cccc(O)c2O)=N1)c1cccc(O)c1O. The molecule has 0 unspecified atom stereocenters. The lowest BCUT2D eigenvalue weighted by atomic mass is 10.1. The minimum atomic E-state index is -0.579. The normalized spacial score (nSPS) is 14.6. The molecule has 0 fully saturated rings. The second-order valence-electron chi connectivity index (χ2n) is 9.66. The number of para-hydroxylation sites is 2. The first kappa shape index (κ1) is 29.8. The zero-order valence-corrected chi connectivity index (χ0v) is 22.2. The van der Waals surface area contributed by atoms with Crippen molar-refractivity contribution in [2.24, 2.45) is 4.99 Å². The molecule has 1 aliphatic heterocycles. The molecule has 10 heteroatoms. The summed E-state index contributed by atoms with van der Waals surface area (Å²) < 4.78 is 5.47. The zero-order valence-electron chi connectivity index (χ0n) is 22.2. The molecule has 0 aliphatic carbocycles. The highest BCUT2D eigenvalue weighted by molar-refractivity contribution is 6.01. The standard InChI is InChI=1S/C29H39N3O7/c33-23(22-19-39-29(32-22)21-12-9-14-25(35)27(21)37)15-10-17-30-16-6-4-2-1-3-5-7-18-31-28(38)20-11-8-13-24(34)26(20)36/h8-9,11-14,22,30,34-37H,1-7,10,15-19H2,(H,31,38)/t22-/m0/s1. The molecule has 3 rings (SSSR count). The van der Waals surface area contributed by atoms with Gasteiger partial charge in [0.1, 0.15) is 12.6 Å². The summed E-state index contributed by atoms with van der Waals surface area (Å²) >= 11 is 0. The van der Waals surface area contributed by atoms with Crippen molar-refractivity contribution < 1.29 is 34.8 Å². The Bertz CT molecular complexity index is 1140. The quantitative estimate of drug-likeness (QED) is 0.130. The summed E-state index contributed by atoms with van der Waals surface area (Å²) in [7, 11) is 0. The van der Waals surface area contributed by atoms with Gasteiger partial charge in [0.25, 0.3) is 5.91 Å². The summed E-state index contributed by atoms with van der Waals surface area (Å²) in [4.78, 5) is 28.8. The van der Waals surface area contributed by atoms with Crippen LogP contribution < -0.4 is 10.6 Å². The Balaban J connectivity index is 1.14. The van der Waals surface area contributed by atoms with Crippen molar-refractivity contribution in [3.8, 4) is 23.0 Å². The number of rotatable bonds is 17. The number of nitrogens with zero attached hydrogens (tertiary/aromatic N) is 1. The Hall–Kier alpha value is -3.79. The average Bonchev–Trinajstić information content (AvgIpc) is 3.42. The topological polar surface area (TPSA) is 161 Å². The van der Waals surface area contributed by atoms with Crippen LogP contribution in [0.5, 0.6) is 23.0 Å². The molecular weight excluding hydrogens is 502 g/mol. The number of ether oxygens (including phenoxy) is 1. The smallest absolute Gasteiger partial charge is 0.255 e. The molecule has 2 aromatic carbocycles. The second kappa shape index (κ2) is 15.6. The van der Waals surface area contributed by atoms with Gasteiger partial charge in [-0.25, -0.2) is 4.99 Å². The summed E-state index contributed by atoms with van der Waals surface area (Å²) in [6, 6.07) is 8.28. The van der Waals surface area contributed by atoms with Gasteiger partial charge in [0.15, 0.2) is 28.8 Å². The highest BCUT2D eigenvalue weighted by Crippen LogP contribution is 2.30. The van der Waals surface area contributed by atoms with E-state index >= 15 is 0 Å². The van der Waals surface area contributed by atoms with Gasteiger partial charge in [-0.15, -0.1) is 0 Å². The summed E-state index contributed by atoms with van der Waals surface area (Å²) in [6.07, 6.45) is 8.62. The summed E-state index contributed by atoms with van der Waals surface area (Å²) in [6.45, 7) is 2.35. The predicted octanol–water partition coefficient (Wildman–Crippen LogP) is 3.75. The van der Waals surface area contributed by atoms with E-state index < -0.39 is 11.8 Å². The number of hydrogen-bond donors (Lipinski definition) is 6. The van der Waals surface area contributed by atoms with Crippen LogP contribution in [0.4, 0.5) is 0 Å². The second-order valence-corrected chi connectivity index (χ2v) is 9.66. The van der Waals surface area contributed by atoms with Crippen molar-refractivity contribution in [1.82, 2.24) is 10.6 Å². The monoisotopic (exact) mass is 541 g/mol. The van der Waals surface area contributed by atoms with Crippen LogP contribution in [0.1, 0.15) is 73.7 Å². The molecular formula is C29H39N3O7. The van der Waals surface area contributed by atoms with Crippen LogP contribution in [0.15, 0.2) is 41.4 Å². The van der Waals surface area contributed by atoms with Crippen LogP contribution in [-0.4, -0.2) is 70.3 Å².